The average molecular weight is 205 g/mol. The van der Waals surface area contributed by atoms with Crippen LogP contribution in [0.3, 0.4) is 0 Å². The van der Waals surface area contributed by atoms with Crippen LogP contribution >= 0.6 is 22.8 Å². The summed E-state index contributed by atoms with van der Waals surface area (Å²) in [5, 5.41) is 10.0. The third-order valence-electron chi connectivity index (χ3n) is 0.955. The van der Waals surface area contributed by atoms with Crippen LogP contribution in [-0.4, -0.2) is 5.11 Å². The van der Waals surface area contributed by atoms with E-state index in [9.17, 15) is 0 Å². The van der Waals surface area contributed by atoms with Crippen LogP contribution < -0.4 is 5.30 Å². The number of aromatic hydroxyl groups is 1. The van der Waals surface area contributed by atoms with E-state index < -0.39 is 0 Å². The number of benzene rings is 1. The minimum absolute atomic E-state index is 0.333. The molecule has 0 radical (unpaired) electrons. The Balaban J connectivity index is 2.94. The molecule has 0 fully saturated rings. The molecule has 1 aromatic rings. The second-order valence-corrected chi connectivity index (χ2v) is 3.60. The van der Waals surface area contributed by atoms with Gasteiger partial charge in [-0.05, 0) is 24.7 Å². The molecule has 0 aliphatic rings. The maximum Gasteiger partial charge on any atom is 0.116 e. The van der Waals surface area contributed by atoms with Gasteiger partial charge in [-0.15, -0.1) is 0 Å². The Labute approximate surface area is 63.6 Å². The van der Waals surface area contributed by atoms with Gasteiger partial charge in [0, 0.05) is 0 Å². The second kappa shape index (κ2) is 3.19. The van der Waals surface area contributed by atoms with Crippen LogP contribution in [0.1, 0.15) is 0 Å². The van der Waals surface area contributed by atoms with Crippen LogP contribution in [0.25, 0.3) is 0 Å². The van der Waals surface area contributed by atoms with E-state index in [4.69, 9.17) is 5.11 Å². The molecule has 0 heterocycles. The molecule has 0 aliphatic heterocycles. The van der Waals surface area contributed by atoms with Gasteiger partial charge >= 0.3 is 0 Å². The first-order chi connectivity index (χ1) is 4.33. The molecule has 1 N–H and O–H groups in total. The van der Waals surface area contributed by atoms with E-state index in [0.29, 0.717) is 13.0 Å². The zero-order chi connectivity index (χ0) is 6.69. The molecule has 1 aromatic carbocycles. The van der Waals surface area contributed by atoms with E-state index in [1.54, 1.807) is 12.1 Å². The highest BCUT2D eigenvalue weighted by atomic mass is 79.9. The van der Waals surface area contributed by atoms with Crippen LogP contribution in [-0.2, 0) is 0 Å². The molecule has 0 spiro atoms. The molecule has 0 aromatic heterocycles. The molecular weight excluding hydrogens is 199 g/mol. The van der Waals surface area contributed by atoms with Crippen molar-refractivity contribution in [1.82, 2.24) is 0 Å². The van der Waals surface area contributed by atoms with E-state index >= 15 is 0 Å². The third-order valence-corrected chi connectivity index (χ3v) is 2.86. The van der Waals surface area contributed by atoms with Crippen molar-refractivity contribution in [2.75, 3.05) is 0 Å². The van der Waals surface area contributed by atoms with E-state index in [0.717, 1.165) is 5.30 Å². The van der Waals surface area contributed by atoms with Crippen molar-refractivity contribution >= 4 is 28.1 Å². The molecular formula is C6H6BrOP. The summed E-state index contributed by atoms with van der Waals surface area (Å²) in [5.74, 6) is 0.333. The van der Waals surface area contributed by atoms with Crippen molar-refractivity contribution in [2.24, 2.45) is 0 Å². The summed E-state index contributed by atoms with van der Waals surface area (Å²) in [4.78, 5) is 0. The fraction of sp³-hybridized carbons (Fsp3) is 0. The maximum atomic E-state index is 8.93. The third kappa shape index (κ3) is 1.96. The predicted molar refractivity (Wildman–Crippen MR) is 45.0 cm³/mol. The molecule has 48 valence electrons. The largest absolute Gasteiger partial charge is 0.508 e. The Kier molecular flexibility index (Phi) is 2.49. The zero-order valence-corrected chi connectivity index (χ0v) is 7.22. The lowest BCUT2D eigenvalue weighted by Crippen LogP contribution is -1.87. The van der Waals surface area contributed by atoms with Crippen molar-refractivity contribution in [3.05, 3.63) is 24.3 Å². The van der Waals surface area contributed by atoms with Crippen LogP contribution in [0.4, 0.5) is 0 Å². The Hall–Kier alpha value is -0.0700. The van der Waals surface area contributed by atoms with Crippen molar-refractivity contribution < 1.29 is 5.11 Å². The first-order valence-corrected chi connectivity index (χ1v) is 5.74. The van der Waals surface area contributed by atoms with Gasteiger partial charge in [0.15, 0.2) is 0 Å². The number of phenolic OH excluding ortho intramolecular Hbond substituents is 1. The van der Waals surface area contributed by atoms with Gasteiger partial charge in [0.05, 0.1) is 0 Å². The number of phenols is 1. The maximum absolute atomic E-state index is 8.93. The van der Waals surface area contributed by atoms with Crippen LogP contribution in [0.15, 0.2) is 24.3 Å². The first kappa shape index (κ1) is 7.04. The van der Waals surface area contributed by atoms with Gasteiger partial charge in [-0.1, -0.05) is 27.6 Å². The Morgan fingerprint density at radius 3 is 2.67 bits per heavy atom. The van der Waals surface area contributed by atoms with Gasteiger partial charge in [-0.2, -0.15) is 0 Å². The molecule has 0 aliphatic carbocycles. The molecule has 1 nitrogen and oxygen atoms in total. The van der Waals surface area contributed by atoms with Gasteiger partial charge in [0.25, 0.3) is 0 Å². The summed E-state index contributed by atoms with van der Waals surface area (Å²) in [5.41, 5.74) is 0. The van der Waals surface area contributed by atoms with Crippen molar-refractivity contribution in [2.45, 2.75) is 0 Å². The number of hydrogen-bond acceptors (Lipinski definition) is 1. The summed E-state index contributed by atoms with van der Waals surface area (Å²) in [6, 6.07) is 7.20. The second-order valence-electron chi connectivity index (χ2n) is 1.64. The zero-order valence-electron chi connectivity index (χ0n) is 4.63. The summed E-state index contributed by atoms with van der Waals surface area (Å²) < 4.78 is 0. The smallest absolute Gasteiger partial charge is 0.116 e. The molecule has 0 saturated heterocycles. The molecule has 0 amide bonds. The highest BCUT2D eigenvalue weighted by Crippen LogP contribution is 2.20. The highest BCUT2D eigenvalue weighted by molar-refractivity contribution is 9.37. The molecule has 0 saturated carbocycles. The Morgan fingerprint density at radius 2 is 2.22 bits per heavy atom. The van der Waals surface area contributed by atoms with E-state index in [-0.39, 0.29) is 0 Å². The van der Waals surface area contributed by atoms with Gasteiger partial charge in [-0.3, -0.25) is 0 Å². The minimum Gasteiger partial charge on any atom is -0.508 e. The molecule has 1 atom stereocenters. The topological polar surface area (TPSA) is 20.2 Å². The predicted octanol–water partition coefficient (Wildman–Crippen LogP) is 2.01. The molecule has 1 rings (SSSR count). The van der Waals surface area contributed by atoms with E-state index in [2.05, 4.69) is 15.5 Å². The standard InChI is InChI=1S/C6H6BrOP/c7-9-6-3-1-2-5(8)4-6/h1-4,8-9H. The van der Waals surface area contributed by atoms with Crippen molar-refractivity contribution in [3.63, 3.8) is 0 Å². The average Bonchev–Trinajstić information content (AvgIpc) is 1.88. The van der Waals surface area contributed by atoms with Crippen molar-refractivity contribution in [3.8, 4) is 5.75 Å². The van der Waals surface area contributed by atoms with Gasteiger partial charge in [0.1, 0.15) is 5.75 Å². The monoisotopic (exact) mass is 204 g/mol. The Bertz CT molecular complexity index is 202. The van der Waals surface area contributed by atoms with Crippen LogP contribution in [0.5, 0.6) is 5.75 Å². The summed E-state index contributed by atoms with van der Waals surface area (Å²) in [6.45, 7) is 0. The van der Waals surface area contributed by atoms with E-state index in [1.165, 1.54) is 0 Å². The van der Waals surface area contributed by atoms with Crippen molar-refractivity contribution in [1.29, 1.82) is 0 Å². The SMILES string of the molecule is Oc1cccc(PBr)c1. The summed E-state index contributed by atoms with van der Waals surface area (Å²) in [7, 11) is 0.579. The lowest BCUT2D eigenvalue weighted by molar-refractivity contribution is 0.476. The number of hydrogen-bond donors (Lipinski definition) is 1. The summed E-state index contributed by atoms with van der Waals surface area (Å²) in [6.07, 6.45) is 0. The number of halogens is 1. The number of rotatable bonds is 1. The van der Waals surface area contributed by atoms with E-state index in [1.807, 2.05) is 12.1 Å². The quantitative estimate of drug-likeness (QED) is 0.695. The molecule has 0 bridgehead atoms. The highest BCUT2D eigenvalue weighted by Gasteiger charge is 1.88. The molecule has 9 heavy (non-hydrogen) atoms. The lowest BCUT2D eigenvalue weighted by atomic mass is 10.3. The Morgan fingerprint density at radius 1 is 1.44 bits per heavy atom. The fourth-order valence-electron chi connectivity index (χ4n) is 0.565. The van der Waals surface area contributed by atoms with Crippen LogP contribution in [0.2, 0.25) is 0 Å². The molecule has 3 heteroatoms. The van der Waals surface area contributed by atoms with Gasteiger partial charge in [-0.25, -0.2) is 0 Å². The summed E-state index contributed by atoms with van der Waals surface area (Å²) >= 11 is 3.31. The first-order valence-electron chi connectivity index (χ1n) is 2.48. The van der Waals surface area contributed by atoms with Gasteiger partial charge < -0.3 is 5.11 Å². The minimum atomic E-state index is 0.333. The fourth-order valence-corrected chi connectivity index (χ4v) is 1.67. The van der Waals surface area contributed by atoms with Gasteiger partial charge in [0.2, 0.25) is 0 Å². The van der Waals surface area contributed by atoms with Crippen LogP contribution in [0, 0.1) is 0 Å². The normalized spacial score (nSPS) is 10.8. The lowest BCUT2D eigenvalue weighted by Gasteiger charge is -1.93. The molecule has 1 unspecified atom stereocenters.